The molecule has 0 spiro atoms. The van der Waals surface area contributed by atoms with Crippen molar-refractivity contribution in [2.24, 2.45) is 11.8 Å². The fraction of sp³-hybridized carbons (Fsp3) is 0.938. The Hall–Kier alpha value is -1.09. The molecule has 0 unspecified atom stereocenters. The number of piperidine rings is 1. The molecule has 3 aliphatic rings. The van der Waals surface area contributed by atoms with Crippen molar-refractivity contribution in [2.45, 2.75) is 44.4 Å². The monoisotopic (exact) mass is 337 g/mol. The van der Waals surface area contributed by atoms with Gasteiger partial charge in [-0.05, 0) is 30.2 Å². The van der Waals surface area contributed by atoms with Gasteiger partial charge in [0, 0.05) is 57.1 Å². The molecule has 134 valence electrons. The topological polar surface area (TPSA) is 85.5 Å². The number of ether oxygens (including phenoxy) is 2. The van der Waals surface area contributed by atoms with Crippen LogP contribution in [0.5, 0.6) is 0 Å². The van der Waals surface area contributed by atoms with Crippen molar-refractivity contribution in [3.8, 4) is 0 Å². The van der Waals surface area contributed by atoms with Crippen LogP contribution in [0, 0.1) is 18.8 Å². The highest BCUT2D eigenvalue weighted by atomic mass is 16.5. The van der Waals surface area contributed by atoms with Gasteiger partial charge in [0.2, 0.25) is 0 Å². The van der Waals surface area contributed by atoms with Crippen LogP contribution >= 0.6 is 0 Å². The number of fused-ring (bicyclic) bond motifs is 3. The normalized spacial score (nSPS) is 37.0. The molecule has 0 amide bonds. The molecule has 8 nitrogen and oxygen atoms in total. The molecule has 0 radical (unpaired) electrons. The van der Waals surface area contributed by atoms with Crippen LogP contribution in [0.2, 0.25) is 0 Å². The van der Waals surface area contributed by atoms with Gasteiger partial charge in [0.05, 0.1) is 18.8 Å². The van der Waals surface area contributed by atoms with E-state index in [4.69, 9.17) is 9.47 Å². The summed E-state index contributed by atoms with van der Waals surface area (Å²) in [7, 11) is 0. The third kappa shape index (κ3) is 2.85. The van der Waals surface area contributed by atoms with Crippen molar-refractivity contribution in [3.63, 3.8) is 0 Å². The summed E-state index contributed by atoms with van der Waals surface area (Å²) in [5, 5.41) is 22.9. The average Bonchev–Trinajstić information content (AvgIpc) is 3.01. The SMILES string of the molecule is Cc1nnnn1CCCN1C[C@@H]2COCC[C@]2(O)[C@H]2COCC[C@H]21. The second kappa shape index (κ2) is 6.67. The molecular formula is C16H27N5O3. The number of hydrogen-bond acceptors (Lipinski definition) is 7. The van der Waals surface area contributed by atoms with Crippen molar-refractivity contribution in [3.05, 3.63) is 5.82 Å². The minimum absolute atomic E-state index is 0.184. The summed E-state index contributed by atoms with van der Waals surface area (Å²) in [5.41, 5.74) is -0.619. The van der Waals surface area contributed by atoms with Crippen LogP contribution in [0.1, 0.15) is 25.1 Å². The lowest BCUT2D eigenvalue weighted by molar-refractivity contribution is -0.219. The molecule has 3 aliphatic heterocycles. The summed E-state index contributed by atoms with van der Waals surface area (Å²) in [5.74, 6) is 1.24. The Morgan fingerprint density at radius 3 is 2.96 bits per heavy atom. The van der Waals surface area contributed by atoms with Crippen LogP contribution in [0.15, 0.2) is 0 Å². The number of likely N-dealkylation sites (tertiary alicyclic amines) is 1. The summed E-state index contributed by atoms with van der Waals surface area (Å²) in [4.78, 5) is 2.54. The largest absolute Gasteiger partial charge is 0.389 e. The predicted octanol–water partition coefficient (Wildman–Crippen LogP) is -0.140. The van der Waals surface area contributed by atoms with Crippen LogP contribution in [-0.4, -0.2) is 81.4 Å². The first-order valence-corrected chi connectivity index (χ1v) is 9.03. The zero-order valence-electron chi connectivity index (χ0n) is 14.3. The van der Waals surface area contributed by atoms with E-state index in [2.05, 4.69) is 20.4 Å². The fourth-order valence-corrected chi connectivity index (χ4v) is 4.70. The molecule has 3 fully saturated rings. The summed E-state index contributed by atoms with van der Waals surface area (Å²) in [6.45, 7) is 7.43. The van der Waals surface area contributed by atoms with E-state index in [-0.39, 0.29) is 11.8 Å². The highest BCUT2D eigenvalue weighted by molar-refractivity contribution is 5.06. The molecule has 1 aromatic rings. The van der Waals surface area contributed by atoms with E-state index in [9.17, 15) is 5.11 Å². The Kier molecular flexibility index (Phi) is 4.55. The third-order valence-electron chi connectivity index (χ3n) is 6.08. The Labute approximate surface area is 142 Å². The van der Waals surface area contributed by atoms with Crippen molar-refractivity contribution in [1.29, 1.82) is 0 Å². The Balaban J connectivity index is 1.43. The minimum atomic E-state index is -0.619. The highest BCUT2D eigenvalue weighted by Crippen LogP contribution is 2.44. The number of hydrogen-bond donors (Lipinski definition) is 1. The molecule has 3 saturated heterocycles. The Bertz CT molecular complexity index is 568. The van der Waals surface area contributed by atoms with Gasteiger partial charge in [-0.1, -0.05) is 0 Å². The van der Waals surface area contributed by atoms with Crippen molar-refractivity contribution in [1.82, 2.24) is 25.1 Å². The van der Waals surface area contributed by atoms with E-state index in [0.717, 1.165) is 51.3 Å². The molecule has 0 saturated carbocycles. The summed E-state index contributed by atoms with van der Waals surface area (Å²) in [6, 6.07) is 0.410. The van der Waals surface area contributed by atoms with Crippen molar-refractivity contribution < 1.29 is 14.6 Å². The van der Waals surface area contributed by atoms with Crippen LogP contribution in [-0.2, 0) is 16.0 Å². The highest BCUT2D eigenvalue weighted by Gasteiger charge is 2.54. The lowest BCUT2D eigenvalue weighted by Crippen LogP contribution is -2.68. The van der Waals surface area contributed by atoms with Crippen molar-refractivity contribution in [2.75, 3.05) is 39.5 Å². The van der Waals surface area contributed by atoms with E-state index >= 15 is 0 Å². The number of tetrazole rings is 1. The second-order valence-electron chi connectivity index (χ2n) is 7.35. The zero-order valence-corrected chi connectivity index (χ0v) is 14.3. The standard InChI is InChI=1S/C16H27N5O3/c1-12-17-18-19-21(12)6-2-5-20-9-13-10-24-8-4-16(13,22)14-11-23-7-3-15(14)20/h13-15,22H,2-11H2,1H3/t13-,14+,15-,16-/m1/s1. The van der Waals surface area contributed by atoms with Gasteiger partial charge in [0.1, 0.15) is 5.82 Å². The number of rotatable bonds is 4. The average molecular weight is 337 g/mol. The number of aryl methyl sites for hydroxylation is 2. The fourth-order valence-electron chi connectivity index (χ4n) is 4.70. The molecule has 0 bridgehead atoms. The van der Waals surface area contributed by atoms with Gasteiger partial charge >= 0.3 is 0 Å². The summed E-state index contributed by atoms with van der Waals surface area (Å²) >= 11 is 0. The van der Waals surface area contributed by atoms with Gasteiger partial charge in [-0.15, -0.1) is 5.10 Å². The number of nitrogens with zero attached hydrogens (tertiary/aromatic N) is 5. The first kappa shape index (κ1) is 16.4. The quantitative estimate of drug-likeness (QED) is 0.818. The van der Waals surface area contributed by atoms with Gasteiger partial charge in [-0.2, -0.15) is 0 Å². The van der Waals surface area contributed by atoms with E-state index in [1.807, 2.05) is 11.6 Å². The molecule has 4 atom stereocenters. The summed E-state index contributed by atoms with van der Waals surface area (Å²) in [6.07, 6.45) is 2.74. The molecule has 8 heteroatoms. The van der Waals surface area contributed by atoms with Crippen LogP contribution < -0.4 is 0 Å². The van der Waals surface area contributed by atoms with E-state index in [1.54, 1.807) is 0 Å². The van der Waals surface area contributed by atoms with Gasteiger partial charge < -0.3 is 14.6 Å². The lowest BCUT2D eigenvalue weighted by atomic mass is 9.66. The predicted molar refractivity (Wildman–Crippen MR) is 85.3 cm³/mol. The van der Waals surface area contributed by atoms with Gasteiger partial charge in [0.25, 0.3) is 0 Å². The third-order valence-corrected chi connectivity index (χ3v) is 6.08. The molecule has 1 aromatic heterocycles. The maximum atomic E-state index is 11.3. The minimum Gasteiger partial charge on any atom is -0.389 e. The van der Waals surface area contributed by atoms with Crippen LogP contribution in [0.4, 0.5) is 0 Å². The molecule has 24 heavy (non-hydrogen) atoms. The Morgan fingerprint density at radius 2 is 2.12 bits per heavy atom. The van der Waals surface area contributed by atoms with Gasteiger partial charge in [-0.25, -0.2) is 4.68 Å². The van der Waals surface area contributed by atoms with Gasteiger partial charge in [0.15, 0.2) is 0 Å². The molecule has 4 rings (SSSR count). The van der Waals surface area contributed by atoms with E-state index in [0.29, 0.717) is 25.9 Å². The molecule has 0 aliphatic carbocycles. The van der Waals surface area contributed by atoms with Crippen LogP contribution in [0.25, 0.3) is 0 Å². The lowest BCUT2D eigenvalue weighted by Gasteiger charge is -2.57. The van der Waals surface area contributed by atoms with Gasteiger partial charge in [-0.3, -0.25) is 4.90 Å². The molecule has 0 aromatic carbocycles. The molecule has 4 heterocycles. The number of aliphatic hydroxyl groups is 1. The maximum Gasteiger partial charge on any atom is 0.148 e. The Morgan fingerprint density at radius 1 is 1.25 bits per heavy atom. The first-order valence-electron chi connectivity index (χ1n) is 9.03. The smallest absolute Gasteiger partial charge is 0.148 e. The number of aromatic nitrogens is 4. The van der Waals surface area contributed by atoms with Crippen molar-refractivity contribution >= 4 is 0 Å². The summed E-state index contributed by atoms with van der Waals surface area (Å²) < 4.78 is 13.2. The molecular weight excluding hydrogens is 310 g/mol. The van der Waals surface area contributed by atoms with Crippen LogP contribution in [0.3, 0.4) is 0 Å². The maximum absolute atomic E-state index is 11.3. The second-order valence-corrected chi connectivity index (χ2v) is 7.35. The first-order chi connectivity index (χ1) is 11.7. The zero-order chi connectivity index (χ0) is 16.6. The van der Waals surface area contributed by atoms with E-state index in [1.165, 1.54) is 0 Å². The van der Waals surface area contributed by atoms with E-state index < -0.39 is 5.60 Å². The molecule has 1 N–H and O–H groups in total.